The predicted octanol–water partition coefficient (Wildman–Crippen LogP) is 3.18. The molecule has 0 saturated heterocycles. The van der Waals surface area contributed by atoms with E-state index in [-0.39, 0.29) is 0 Å². The van der Waals surface area contributed by atoms with Crippen LogP contribution in [0, 0.1) is 12.1 Å². The summed E-state index contributed by atoms with van der Waals surface area (Å²) < 4.78 is 12.3. The van der Waals surface area contributed by atoms with Gasteiger partial charge in [0.2, 0.25) is 0 Å². The van der Waals surface area contributed by atoms with Crippen LogP contribution >= 0.6 is 0 Å². The fourth-order valence-corrected chi connectivity index (χ4v) is 2.23. The Hall–Kier alpha value is -3.08. The molecule has 2 aromatic carbocycles. The molecule has 3 rings (SSSR count). The first kappa shape index (κ1) is 15.8. The molecule has 1 heterocycles. The molecule has 0 amide bonds. The summed E-state index contributed by atoms with van der Waals surface area (Å²) in [6.45, 7) is 2.39. The van der Waals surface area contributed by atoms with Gasteiger partial charge in [0.1, 0.15) is 13.2 Å². The topological polar surface area (TPSA) is 58.3 Å². The monoisotopic (exact) mass is 322 g/mol. The van der Waals surface area contributed by atoms with Crippen LogP contribution in [0.15, 0.2) is 67.0 Å². The molecule has 3 aromatic rings. The highest BCUT2D eigenvalue weighted by atomic mass is 16.5. The zero-order valence-corrected chi connectivity index (χ0v) is 13.4. The Morgan fingerprint density at radius 2 is 1.42 bits per heavy atom. The second kappa shape index (κ2) is 7.46. The Morgan fingerprint density at radius 3 is 2.00 bits per heavy atom. The highest BCUT2D eigenvalue weighted by molar-refractivity contribution is 5.35. The Balaban J connectivity index is 1.77. The van der Waals surface area contributed by atoms with Crippen LogP contribution in [-0.2, 0) is 13.2 Å². The van der Waals surface area contributed by atoms with Gasteiger partial charge in [0, 0.05) is 6.92 Å². The average molecular weight is 322 g/mol. The van der Waals surface area contributed by atoms with Crippen LogP contribution in [0.2, 0.25) is 0 Å². The summed E-state index contributed by atoms with van der Waals surface area (Å²) in [6.07, 6.45) is 1.19. The molecule has 24 heavy (non-hydrogen) atoms. The quantitative estimate of drug-likeness (QED) is 0.516. The molecule has 1 aromatic heterocycles. The van der Waals surface area contributed by atoms with Gasteiger partial charge in [0.15, 0.2) is 5.69 Å². The lowest BCUT2D eigenvalue weighted by molar-refractivity contribution is -0.616. The van der Waals surface area contributed by atoms with Gasteiger partial charge in [-0.15, -0.1) is 0 Å². The van der Waals surface area contributed by atoms with Crippen molar-refractivity contribution in [2.75, 3.05) is 0 Å². The molecule has 0 saturated carbocycles. The molecular weight excluding hydrogens is 304 g/mol. The Kier molecular flexibility index (Phi) is 4.91. The van der Waals surface area contributed by atoms with Crippen molar-refractivity contribution >= 4 is 0 Å². The number of hydrogen-bond donors (Lipinski definition) is 0. The summed E-state index contributed by atoms with van der Waals surface area (Å²) >= 11 is 0. The molecule has 0 aliphatic rings. The standard InChI is InChI=1S/C19H18N2O3/c1-15-18(23-12-16-8-4-2-5-9-16)19(20-14-21(15)22)24-13-17-10-6-3-7-11-17/h2-11,14H,12-13H2,1H3. The SMILES string of the molecule is Cc1c(OCc2ccccc2)c(OCc2ccccc2)nc[n+]1[O-]. The summed E-state index contributed by atoms with van der Waals surface area (Å²) in [5.74, 6) is 0.687. The predicted molar refractivity (Wildman–Crippen MR) is 89.5 cm³/mol. The van der Waals surface area contributed by atoms with Gasteiger partial charge in [-0.25, -0.2) is 4.73 Å². The zero-order valence-electron chi connectivity index (χ0n) is 13.4. The molecule has 0 radical (unpaired) electrons. The van der Waals surface area contributed by atoms with E-state index < -0.39 is 0 Å². The molecule has 0 fully saturated rings. The van der Waals surface area contributed by atoms with Crippen molar-refractivity contribution in [1.29, 1.82) is 0 Å². The van der Waals surface area contributed by atoms with E-state index in [0.29, 0.717) is 35.3 Å². The Morgan fingerprint density at radius 1 is 0.875 bits per heavy atom. The number of rotatable bonds is 6. The fourth-order valence-electron chi connectivity index (χ4n) is 2.23. The number of aromatic nitrogens is 2. The third kappa shape index (κ3) is 3.81. The minimum absolute atomic E-state index is 0.319. The second-order valence-corrected chi connectivity index (χ2v) is 5.34. The van der Waals surface area contributed by atoms with Crippen molar-refractivity contribution < 1.29 is 14.2 Å². The van der Waals surface area contributed by atoms with E-state index in [0.717, 1.165) is 11.1 Å². The normalized spacial score (nSPS) is 10.4. The first-order valence-corrected chi connectivity index (χ1v) is 7.66. The largest absolute Gasteiger partial charge is 0.711 e. The highest BCUT2D eigenvalue weighted by Gasteiger charge is 2.19. The molecule has 5 nitrogen and oxygen atoms in total. The van der Waals surface area contributed by atoms with E-state index in [4.69, 9.17) is 9.47 Å². The van der Waals surface area contributed by atoms with Crippen LogP contribution in [0.3, 0.4) is 0 Å². The molecule has 0 spiro atoms. The lowest BCUT2D eigenvalue weighted by atomic mass is 10.2. The average Bonchev–Trinajstić information content (AvgIpc) is 2.63. The van der Waals surface area contributed by atoms with Crippen molar-refractivity contribution in [1.82, 2.24) is 4.98 Å². The van der Waals surface area contributed by atoms with Crippen LogP contribution in [0.25, 0.3) is 0 Å². The van der Waals surface area contributed by atoms with E-state index in [1.807, 2.05) is 60.7 Å². The van der Waals surface area contributed by atoms with Crippen molar-refractivity contribution in [2.24, 2.45) is 0 Å². The Labute approximate surface area is 140 Å². The number of ether oxygens (including phenoxy) is 2. The number of benzene rings is 2. The van der Waals surface area contributed by atoms with E-state index in [2.05, 4.69) is 4.98 Å². The molecule has 0 unspecified atom stereocenters. The highest BCUT2D eigenvalue weighted by Crippen LogP contribution is 2.27. The second-order valence-electron chi connectivity index (χ2n) is 5.34. The fraction of sp³-hybridized carbons (Fsp3) is 0.158. The zero-order chi connectivity index (χ0) is 16.8. The molecule has 0 atom stereocenters. The molecule has 5 heteroatoms. The lowest BCUT2D eigenvalue weighted by Gasteiger charge is -2.13. The number of hydrogen-bond acceptors (Lipinski definition) is 4. The smallest absolute Gasteiger partial charge is 0.375 e. The van der Waals surface area contributed by atoms with Gasteiger partial charge in [-0.3, -0.25) is 0 Å². The molecule has 0 N–H and O–H groups in total. The van der Waals surface area contributed by atoms with Crippen LogP contribution in [0.4, 0.5) is 0 Å². The van der Waals surface area contributed by atoms with Crippen molar-refractivity contribution in [3.63, 3.8) is 0 Å². The Bertz CT molecular complexity index is 792. The van der Waals surface area contributed by atoms with Crippen molar-refractivity contribution in [3.8, 4) is 11.6 Å². The summed E-state index contributed by atoms with van der Waals surface area (Å²) in [5, 5.41) is 11.8. The van der Waals surface area contributed by atoms with Crippen LogP contribution in [-0.4, -0.2) is 4.98 Å². The van der Waals surface area contributed by atoms with Gasteiger partial charge in [0.05, 0.1) is 0 Å². The van der Waals surface area contributed by atoms with E-state index >= 15 is 0 Å². The minimum atomic E-state index is 0.319. The van der Waals surface area contributed by atoms with Crippen LogP contribution in [0.5, 0.6) is 11.6 Å². The van der Waals surface area contributed by atoms with Gasteiger partial charge in [-0.05, 0) is 16.1 Å². The maximum Gasteiger partial charge on any atom is 0.375 e. The summed E-state index contributed by atoms with van der Waals surface area (Å²) in [7, 11) is 0. The van der Waals surface area contributed by atoms with Crippen LogP contribution in [0.1, 0.15) is 16.8 Å². The van der Waals surface area contributed by atoms with Crippen molar-refractivity contribution in [3.05, 3.63) is 89.0 Å². The lowest BCUT2D eigenvalue weighted by Crippen LogP contribution is -2.31. The molecular formula is C19H18N2O3. The third-order valence-corrected chi connectivity index (χ3v) is 3.58. The van der Waals surface area contributed by atoms with Gasteiger partial charge in [-0.1, -0.05) is 60.7 Å². The summed E-state index contributed by atoms with van der Waals surface area (Å²) in [4.78, 5) is 4.07. The van der Waals surface area contributed by atoms with Gasteiger partial charge >= 0.3 is 5.88 Å². The van der Waals surface area contributed by atoms with Gasteiger partial charge < -0.3 is 14.7 Å². The van der Waals surface area contributed by atoms with Gasteiger partial charge in [0.25, 0.3) is 12.1 Å². The van der Waals surface area contributed by atoms with Gasteiger partial charge in [-0.2, -0.15) is 0 Å². The number of nitrogens with zero attached hydrogens (tertiary/aromatic N) is 2. The van der Waals surface area contributed by atoms with E-state index in [1.165, 1.54) is 6.33 Å². The summed E-state index contributed by atoms with van der Waals surface area (Å²) in [6, 6.07) is 19.5. The molecule has 0 bridgehead atoms. The van der Waals surface area contributed by atoms with Crippen molar-refractivity contribution in [2.45, 2.75) is 20.1 Å². The van der Waals surface area contributed by atoms with Crippen LogP contribution < -0.4 is 14.2 Å². The third-order valence-electron chi connectivity index (χ3n) is 3.58. The summed E-state index contributed by atoms with van der Waals surface area (Å²) in [5.41, 5.74) is 2.45. The van der Waals surface area contributed by atoms with E-state index in [1.54, 1.807) is 6.92 Å². The first-order chi connectivity index (χ1) is 11.7. The maximum atomic E-state index is 11.8. The van der Waals surface area contributed by atoms with E-state index in [9.17, 15) is 5.21 Å². The minimum Gasteiger partial charge on any atom is -0.711 e. The molecule has 122 valence electrons. The first-order valence-electron chi connectivity index (χ1n) is 7.66. The molecule has 0 aliphatic heterocycles. The maximum absolute atomic E-state index is 11.8. The molecule has 0 aliphatic carbocycles.